The van der Waals surface area contributed by atoms with Crippen LogP contribution >= 0.6 is 0 Å². The number of nitrogens with zero attached hydrogens (tertiary/aromatic N) is 2. The minimum Gasteiger partial charge on any atom is -0.399 e. The largest absolute Gasteiger partial charge is 0.399 e. The van der Waals surface area contributed by atoms with Crippen LogP contribution in [0.25, 0.3) is 0 Å². The maximum atomic E-state index is 12.5. The molecule has 0 aliphatic carbocycles. The molecule has 104 valence electrons. The molecule has 0 bridgehead atoms. The van der Waals surface area contributed by atoms with E-state index in [1.165, 1.54) is 0 Å². The second-order valence-corrected chi connectivity index (χ2v) is 4.72. The number of rotatable bonds is 4. The van der Waals surface area contributed by atoms with Gasteiger partial charge in [-0.2, -0.15) is 0 Å². The molecule has 2 rings (SSSR count). The SMILES string of the molecule is CCN(Cc1cccc(C)n1)C(=O)c1cccc(N)c1. The molecule has 0 aliphatic heterocycles. The van der Waals surface area contributed by atoms with Crippen LogP contribution in [-0.4, -0.2) is 22.3 Å². The molecule has 4 nitrogen and oxygen atoms in total. The fourth-order valence-electron chi connectivity index (χ4n) is 2.06. The van der Waals surface area contributed by atoms with Crippen molar-refractivity contribution in [1.82, 2.24) is 9.88 Å². The minimum atomic E-state index is -0.0249. The second-order valence-electron chi connectivity index (χ2n) is 4.72. The summed E-state index contributed by atoms with van der Waals surface area (Å²) in [5.74, 6) is -0.0249. The average molecular weight is 269 g/mol. The van der Waals surface area contributed by atoms with E-state index in [2.05, 4.69) is 4.98 Å². The predicted molar refractivity (Wildman–Crippen MR) is 80.2 cm³/mol. The molecule has 0 fully saturated rings. The summed E-state index contributed by atoms with van der Waals surface area (Å²) in [5, 5.41) is 0. The number of carbonyl (C=O) groups excluding carboxylic acids is 1. The van der Waals surface area contributed by atoms with Gasteiger partial charge in [0.25, 0.3) is 5.91 Å². The lowest BCUT2D eigenvalue weighted by Gasteiger charge is -2.21. The van der Waals surface area contributed by atoms with Crippen molar-refractivity contribution in [3.8, 4) is 0 Å². The first-order chi connectivity index (χ1) is 9.60. The molecule has 0 atom stereocenters. The molecule has 1 aromatic heterocycles. The topological polar surface area (TPSA) is 59.2 Å². The highest BCUT2D eigenvalue weighted by Crippen LogP contribution is 2.12. The zero-order valence-electron chi connectivity index (χ0n) is 11.8. The van der Waals surface area contributed by atoms with Crippen LogP contribution in [0.15, 0.2) is 42.5 Å². The first-order valence-electron chi connectivity index (χ1n) is 6.67. The van der Waals surface area contributed by atoms with Crippen molar-refractivity contribution in [2.45, 2.75) is 20.4 Å². The van der Waals surface area contributed by atoms with Gasteiger partial charge in [-0.1, -0.05) is 12.1 Å². The molecule has 0 spiro atoms. The Hall–Kier alpha value is -2.36. The van der Waals surface area contributed by atoms with Gasteiger partial charge >= 0.3 is 0 Å². The number of aromatic nitrogens is 1. The molecule has 1 aromatic carbocycles. The fraction of sp³-hybridized carbons (Fsp3) is 0.250. The number of hydrogen-bond donors (Lipinski definition) is 1. The van der Waals surface area contributed by atoms with E-state index < -0.39 is 0 Å². The van der Waals surface area contributed by atoms with Crippen LogP contribution < -0.4 is 5.73 Å². The Morgan fingerprint density at radius 1 is 1.25 bits per heavy atom. The van der Waals surface area contributed by atoms with Crippen LogP contribution in [0.3, 0.4) is 0 Å². The summed E-state index contributed by atoms with van der Waals surface area (Å²) in [4.78, 5) is 18.7. The molecule has 0 saturated carbocycles. The van der Waals surface area contributed by atoms with Gasteiger partial charge in [-0.25, -0.2) is 0 Å². The molecular formula is C16H19N3O. The highest BCUT2D eigenvalue weighted by atomic mass is 16.2. The van der Waals surface area contributed by atoms with Gasteiger partial charge in [-0.15, -0.1) is 0 Å². The zero-order valence-corrected chi connectivity index (χ0v) is 11.8. The van der Waals surface area contributed by atoms with Gasteiger partial charge in [0.05, 0.1) is 12.2 Å². The molecule has 0 aliphatic rings. The van der Waals surface area contributed by atoms with Gasteiger partial charge in [-0.05, 0) is 44.2 Å². The summed E-state index contributed by atoms with van der Waals surface area (Å²) < 4.78 is 0. The lowest BCUT2D eigenvalue weighted by molar-refractivity contribution is 0.0750. The van der Waals surface area contributed by atoms with E-state index in [0.717, 1.165) is 11.4 Å². The number of nitrogens with two attached hydrogens (primary N) is 1. The summed E-state index contributed by atoms with van der Waals surface area (Å²) in [6, 6.07) is 12.9. The molecule has 20 heavy (non-hydrogen) atoms. The van der Waals surface area contributed by atoms with Crippen LogP contribution in [0.1, 0.15) is 28.7 Å². The first-order valence-corrected chi connectivity index (χ1v) is 6.67. The maximum absolute atomic E-state index is 12.5. The van der Waals surface area contributed by atoms with Gasteiger partial charge < -0.3 is 10.6 Å². The van der Waals surface area contributed by atoms with Gasteiger partial charge in [0.1, 0.15) is 0 Å². The third kappa shape index (κ3) is 3.35. The molecule has 0 saturated heterocycles. The number of hydrogen-bond acceptors (Lipinski definition) is 3. The van der Waals surface area contributed by atoms with Crippen molar-refractivity contribution < 1.29 is 4.79 Å². The first kappa shape index (κ1) is 14.1. The summed E-state index contributed by atoms with van der Waals surface area (Å²) >= 11 is 0. The van der Waals surface area contributed by atoms with Crippen LogP contribution in [0.4, 0.5) is 5.69 Å². The van der Waals surface area contributed by atoms with Crippen molar-refractivity contribution in [3.63, 3.8) is 0 Å². The van der Waals surface area contributed by atoms with E-state index in [9.17, 15) is 4.79 Å². The average Bonchev–Trinajstić information content (AvgIpc) is 2.44. The highest BCUT2D eigenvalue weighted by molar-refractivity contribution is 5.95. The summed E-state index contributed by atoms with van der Waals surface area (Å²) in [5.41, 5.74) is 8.78. The summed E-state index contributed by atoms with van der Waals surface area (Å²) in [6.45, 7) is 5.04. The van der Waals surface area contributed by atoms with E-state index in [-0.39, 0.29) is 5.91 Å². The number of carbonyl (C=O) groups is 1. The van der Waals surface area contributed by atoms with Crippen molar-refractivity contribution in [2.24, 2.45) is 0 Å². The van der Waals surface area contributed by atoms with E-state index in [1.54, 1.807) is 29.2 Å². The van der Waals surface area contributed by atoms with Crippen LogP contribution in [0.2, 0.25) is 0 Å². The number of amides is 1. The third-order valence-electron chi connectivity index (χ3n) is 3.10. The van der Waals surface area contributed by atoms with Gasteiger partial charge in [0.2, 0.25) is 0 Å². The molecule has 2 N–H and O–H groups in total. The van der Waals surface area contributed by atoms with Crippen molar-refractivity contribution in [3.05, 3.63) is 59.4 Å². The van der Waals surface area contributed by atoms with Crippen molar-refractivity contribution >= 4 is 11.6 Å². The maximum Gasteiger partial charge on any atom is 0.254 e. The lowest BCUT2D eigenvalue weighted by Crippen LogP contribution is -2.30. The van der Waals surface area contributed by atoms with E-state index >= 15 is 0 Å². The van der Waals surface area contributed by atoms with Gasteiger partial charge in [0.15, 0.2) is 0 Å². The zero-order chi connectivity index (χ0) is 14.5. The Morgan fingerprint density at radius 3 is 2.65 bits per heavy atom. The van der Waals surface area contributed by atoms with Crippen LogP contribution in [0, 0.1) is 6.92 Å². The third-order valence-corrected chi connectivity index (χ3v) is 3.10. The Morgan fingerprint density at radius 2 is 2.00 bits per heavy atom. The number of benzene rings is 1. The van der Waals surface area contributed by atoms with Gasteiger partial charge in [-0.3, -0.25) is 9.78 Å². The quantitative estimate of drug-likeness (QED) is 0.868. The molecule has 2 aromatic rings. The lowest BCUT2D eigenvalue weighted by atomic mass is 10.1. The molecule has 0 unspecified atom stereocenters. The number of anilines is 1. The molecular weight excluding hydrogens is 250 g/mol. The van der Waals surface area contributed by atoms with Crippen LogP contribution in [0.5, 0.6) is 0 Å². The summed E-state index contributed by atoms with van der Waals surface area (Å²) in [7, 11) is 0. The molecule has 1 heterocycles. The highest BCUT2D eigenvalue weighted by Gasteiger charge is 2.15. The Bertz CT molecular complexity index is 610. The number of pyridine rings is 1. The molecule has 1 amide bonds. The minimum absolute atomic E-state index is 0.0249. The van der Waals surface area contributed by atoms with Crippen molar-refractivity contribution in [1.29, 1.82) is 0 Å². The van der Waals surface area contributed by atoms with Crippen molar-refractivity contribution in [2.75, 3.05) is 12.3 Å². The Balaban J connectivity index is 2.18. The standard InChI is InChI=1S/C16H19N3O/c1-3-19(11-15-9-4-6-12(2)18-15)16(20)13-7-5-8-14(17)10-13/h4-10H,3,11,17H2,1-2H3. The van der Waals surface area contributed by atoms with Crippen LogP contribution in [-0.2, 0) is 6.54 Å². The summed E-state index contributed by atoms with van der Waals surface area (Å²) in [6.07, 6.45) is 0. The fourth-order valence-corrected chi connectivity index (χ4v) is 2.06. The monoisotopic (exact) mass is 269 g/mol. The van der Waals surface area contributed by atoms with E-state index in [4.69, 9.17) is 5.73 Å². The normalized spacial score (nSPS) is 10.3. The Labute approximate surface area is 119 Å². The number of aryl methyl sites for hydroxylation is 1. The molecule has 4 heteroatoms. The van der Waals surface area contributed by atoms with Gasteiger partial charge in [0, 0.05) is 23.5 Å². The number of nitrogen functional groups attached to an aromatic ring is 1. The predicted octanol–water partition coefficient (Wildman–Crippen LogP) is 2.63. The smallest absolute Gasteiger partial charge is 0.254 e. The second kappa shape index (κ2) is 6.19. The van der Waals surface area contributed by atoms with E-state index in [0.29, 0.717) is 24.3 Å². The Kier molecular flexibility index (Phi) is 4.35. The van der Waals surface area contributed by atoms with E-state index in [1.807, 2.05) is 32.0 Å². The molecule has 0 radical (unpaired) electrons.